The van der Waals surface area contributed by atoms with Crippen molar-refractivity contribution >= 4 is 17.7 Å². The average Bonchev–Trinajstić information content (AvgIpc) is 3.36. The molecule has 0 aromatic rings. The zero-order valence-corrected chi connectivity index (χ0v) is 50.0. The molecule has 0 aliphatic rings. The molecule has 10 nitrogen and oxygen atoms in total. The van der Waals surface area contributed by atoms with Gasteiger partial charge in [0.2, 0.25) is 17.7 Å². The molecule has 0 aliphatic carbocycles. The second-order valence-corrected chi connectivity index (χ2v) is 22.8. The van der Waals surface area contributed by atoms with Crippen LogP contribution in [0, 0.1) is 0 Å². The van der Waals surface area contributed by atoms with Crippen molar-refractivity contribution in [2.45, 2.75) is 329 Å². The average molecular weight is 1030 g/mol. The fraction of sp³-hybridized carbons (Fsp3) is 0.952. The molecule has 3 atom stereocenters. The van der Waals surface area contributed by atoms with Gasteiger partial charge < -0.3 is 36.8 Å². The Kier molecular flexibility index (Phi) is 56.6. The number of nitrogens with zero attached hydrogens (tertiary/aromatic N) is 1. The lowest BCUT2D eigenvalue weighted by Gasteiger charge is -2.23. The molecule has 0 heterocycles. The van der Waals surface area contributed by atoms with Crippen LogP contribution >= 0.6 is 0 Å². The van der Waals surface area contributed by atoms with E-state index in [2.05, 4.69) is 78.3 Å². The van der Waals surface area contributed by atoms with Gasteiger partial charge in [-0.25, -0.2) is 0 Å². The monoisotopic (exact) mass is 1030 g/mol. The predicted octanol–water partition coefficient (Wildman–Crippen LogP) is 15.0. The summed E-state index contributed by atoms with van der Waals surface area (Å²) in [5.41, 5.74) is 0. The zero-order chi connectivity index (χ0) is 53.3. The van der Waals surface area contributed by atoms with Gasteiger partial charge in [0.15, 0.2) is 0 Å². The molecule has 0 aromatic heterocycles. The smallest absolute Gasteiger partial charge is 0.221 e. The summed E-state index contributed by atoms with van der Waals surface area (Å²) in [6, 6.07) is 0.664. The topological polar surface area (TPSA) is 127 Å². The Labute approximate surface area is 455 Å². The quantitative estimate of drug-likeness (QED) is 0.0335. The molecule has 0 spiro atoms. The van der Waals surface area contributed by atoms with Crippen molar-refractivity contribution in [2.24, 2.45) is 0 Å². The Morgan fingerprint density at radius 1 is 0.288 bits per heavy atom. The second-order valence-electron chi connectivity index (χ2n) is 22.8. The summed E-state index contributed by atoms with van der Waals surface area (Å²) in [7, 11) is 0. The number of unbranched alkanes of at least 4 members (excludes halogenated alkanes) is 33. The number of hydrogen-bond acceptors (Lipinski definition) is 7. The van der Waals surface area contributed by atoms with E-state index in [-0.39, 0.29) is 35.8 Å². The van der Waals surface area contributed by atoms with Crippen molar-refractivity contribution in [3.8, 4) is 0 Å². The fourth-order valence-corrected chi connectivity index (χ4v) is 10.2. The van der Waals surface area contributed by atoms with Gasteiger partial charge in [-0.05, 0) is 40.0 Å². The minimum atomic E-state index is 0.128. The van der Waals surface area contributed by atoms with E-state index in [0.29, 0.717) is 38.9 Å². The lowest BCUT2D eigenvalue weighted by molar-refractivity contribution is -0.122. The predicted molar refractivity (Wildman–Crippen MR) is 319 cm³/mol. The van der Waals surface area contributed by atoms with Gasteiger partial charge in [-0.3, -0.25) is 14.4 Å². The van der Waals surface area contributed by atoms with Gasteiger partial charge >= 0.3 is 0 Å². The molecule has 434 valence electrons. The fourth-order valence-electron chi connectivity index (χ4n) is 10.2. The molecule has 0 fully saturated rings. The van der Waals surface area contributed by atoms with E-state index < -0.39 is 0 Å². The number of amides is 3. The maximum Gasteiger partial charge on any atom is 0.221 e. The Balaban J connectivity index is 4.43. The molecule has 3 amide bonds. The van der Waals surface area contributed by atoms with Crippen LogP contribution in [-0.4, -0.2) is 99.6 Å². The first-order valence-electron chi connectivity index (χ1n) is 32.4. The second kappa shape index (κ2) is 57.9. The van der Waals surface area contributed by atoms with Crippen molar-refractivity contribution in [3.05, 3.63) is 0 Å². The molecule has 0 aromatic carbocycles. The van der Waals surface area contributed by atoms with E-state index >= 15 is 0 Å². The molecule has 3 unspecified atom stereocenters. The van der Waals surface area contributed by atoms with Gasteiger partial charge in [0.1, 0.15) is 0 Å². The minimum absolute atomic E-state index is 0.128. The van der Waals surface area contributed by atoms with Gasteiger partial charge in [-0.15, -0.1) is 0 Å². The summed E-state index contributed by atoms with van der Waals surface area (Å²) in [6.45, 7) is 20.2. The van der Waals surface area contributed by atoms with Crippen molar-refractivity contribution < 1.29 is 14.4 Å². The van der Waals surface area contributed by atoms with Gasteiger partial charge in [-0.1, -0.05) is 252 Å². The van der Waals surface area contributed by atoms with Crippen LogP contribution in [0.5, 0.6) is 0 Å². The van der Waals surface area contributed by atoms with Gasteiger partial charge in [0, 0.05) is 96.3 Å². The van der Waals surface area contributed by atoms with Crippen molar-refractivity contribution in [2.75, 3.05) is 58.9 Å². The van der Waals surface area contributed by atoms with Crippen LogP contribution < -0.4 is 31.9 Å². The third kappa shape index (κ3) is 56.3. The lowest BCUT2D eigenvalue weighted by atomic mass is 10.0. The lowest BCUT2D eigenvalue weighted by Crippen LogP contribution is -2.41. The molecule has 0 radical (unpaired) electrons. The summed E-state index contributed by atoms with van der Waals surface area (Å²) in [4.78, 5) is 40.7. The highest BCUT2D eigenvalue weighted by molar-refractivity contribution is 5.77. The highest BCUT2D eigenvalue weighted by Crippen LogP contribution is 2.16. The normalized spacial score (nSPS) is 12.9. The summed E-state index contributed by atoms with van der Waals surface area (Å²) in [5, 5.41) is 20.2. The van der Waals surface area contributed by atoms with Crippen molar-refractivity contribution in [1.29, 1.82) is 0 Å². The maximum absolute atomic E-state index is 13.1. The maximum atomic E-state index is 13.1. The van der Waals surface area contributed by atoms with Gasteiger partial charge in [0.25, 0.3) is 0 Å². The van der Waals surface area contributed by atoms with Gasteiger partial charge in [0.05, 0.1) is 0 Å². The van der Waals surface area contributed by atoms with Crippen molar-refractivity contribution in [1.82, 2.24) is 36.8 Å². The number of carbonyl (C=O) groups is 3. The highest BCUT2D eigenvalue weighted by atomic mass is 16.2. The summed E-state index contributed by atoms with van der Waals surface area (Å²) >= 11 is 0. The van der Waals surface area contributed by atoms with E-state index in [9.17, 15) is 14.4 Å². The highest BCUT2D eigenvalue weighted by Gasteiger charge is 2.13. The number of carbonyl (C=O) groups excluding carboxylic acids is 3. The number of nitrogens with one attached hydrogen (secondary N) is 6. The molecule has 6 N–H and O–H groups in total. The van der Waals surface area contributed by atoms with Crippen LogP contribution in [0.1, 0.15) is 311 Å². The molecule has 0 aliphatic heterocycles. The van der Waals surface area contributed by atoms with E-state index in [0.717, 1.165) is 58.5 Å². The molecular weight excluding hydrogens is 903 g/mol. The van der Waals surface area contributed by atoms with E-state index in [1.54, 1.807) is 0 Å². The standard InChI is InChI=1S/C63H129N7O3/c1-7-10-13-16-19-22-25-28-31-34-37-40-43-58(4)67-61(71)46-49-64-51-52-66-54-57-70(55-48-63(73)69-60(6)45-42-39-36-33-30-27-24-21-18-15-12-9-3)56-53-65-50-47-62(72)68-59(5)44-41-38-35-32-29-26-23-20-17-14-11-8-2/h58-60,64-66H,7-57H2,1-6H3,(H,67,71)(H,68,72)(H,69,73). The summed E-state index contributed by atoms with van der Waals surface area (Å²) in [6.07, 6.45) is 53.3. The zero-order valence-electron chi connectivity index (χ0n) is 50.0. The molecule has 0 saturated carbocycles. The summed E-state index contributed by atoms with van der Waals surface area (Å²) in [5.74, 6) is 0.404. The van der Waals surface area contributed by atoms with Crippen LogP contribution in [0.2, 0.25) is 0 Å². The largest absolute Gasteiger partial charge is 0.354 e. The van der Waals surface area contributed by atoms with Gasteiger partial charge in [-0.2, -0.15) is 0 Å². The van der Waals surface area contributed by atoms with Crippen LogP contribution in [0.15, 0.2) is 0 Å². The SMILES string of the molecule is CCCCCCCCCCCCCCC(C)NC(=O)CCNCCNCCN(CCNCCC(=O)NC(C)CCCCCCCCCCCCCC)CCC(=O)NC(C)CCCCCCCCCCCCCC. The van der Waals surface area contributed by atoms with E-state index in [1.165, 1.54) is 231 Å². The van der Waals surface area contributed by atoms with Crippen molar-refractivity contribution in [3.63, 3.8) is 0 Å². The Hall–Kier alpha value is -1.75. The molecule has 0 rings (SSSR count). The van der Waals surface area contributed by atoms with Crippen LogP contribution in [0.25, 0.3) is 0 Å². The third-order valence-electron chi connectivity index (χ3n) is 15.1. The summed E-state index contributed by atoms with van der Waals surface area (Å²) < 4.78 is 0. The first-order valence-corrected chi connectivity index (χ1v) is 32.4. The molecule has 0 bridgehead atoms. The molecule has 0 saturated heterocycles. The van der Waals surface area contributed by atoms with Crippen LogP contribution in [-0.2, 0) is 14.4 Å². The first-order chi connectivity index (χ1) is 35.7. The Bertz CT molecular complexity index is 1160. The van der Waals surface area contributed by atoms with Crippen LogP contribution in [0.3, 0.4) is 0 Å². The van der Waals surface area contributed by atoms with E-state index in [1.807, 2.05) is 0 Å². The third-order valence-corrected chi connectivity index (χ3v) is 15.1. The Morgan fingerprint density at radius 3 is 0.808 bits per heavy atom. The Morgan fingerprint density at radius 2 is 0.521 bits per heavy atom. The molecular formula is C63H129N7O3. The van der Waals surface area contributed by atoms with Crippen LogP contribution in [0.4, 0.5) is 0 Å². The molecule has 73 heavy (non-hydrogen) atoms. The minimum Gasteiger partial charge on any atom is -0.354 e. The first kappa shape index (κ1) is 71.2. The van der Waals surface area contributed by atoms with E-state index in [4.69, 9.17) is 0 Å². The number of rotatable bonds is 60. The number of hydrogen-bond donors (Lipinski definition) is 6. The molecule has 10 heteroatoms.